The summed E-state index contributed by atoms with van der Waals surface area (Å²) < 4.78 is 29.6. The lowest BCUT2D eigenvalue weighted by atomic mass is 9.97. The SMILES string of the molecule is CC1CCN(S(=O)(=O)N2CCCCC2C2CCCN2)CC1. The summed E-state index contributed by atoms with van der Waals surface area (Å²) >= 11 is 0. The second kappa shape index (κ2) is 6.52. The molecule has 0 aromatic carbocycles. The van der Waals surface area contributed by atoms with Crippen LogP contribution in [0.1, 0.15) is 51.9 Å². The fourth-order valence-corrected chi connectivity index (χ4v) is 5.95. The highest BCUT2D eigenvalue weighted by Crippen LogP contribution is 2.29. The molecule has 0 radical (unpaired) electrons. The number of piperidine rings is 2. The molecule has 5 nitrogen and oxygen atoms in total. The van der Waals surface area contributed by atoms with Crippen LogP contribution in [0.5, 0.6) is 0 Å². The molecule has 2 unspecified atom stereocenters. The zero-order valence-corrected chi connectivity index (χ0v) is 13.9. The fraction of sp³-hybridized carbons (Fsp3) is 1.00. The molecule has 2 atom stereocenters. The average molecular weight is 315 g/mol. The first-order valence-electron chi connectivity index (χ1n) is 8.59. The molecule has 0 saturated carbocycles. The molecule has 3 fully saturated rings. The molecule has 122 valence electrons. The Labute approximate surface area is 129 Å². The maximum Gasteiger partial charge on any atom is 0.282 e. The van der Waals surface area contributed by atoms with Crippen LogP contribution in [-0.4, -0.2) is 55.3 Å². The van der Waals surface area contributed by atoms with Crippen molar-refractivity contribution in [1.82, 2.24) is 13.9 Å². The van der Waals surface area contributed by atoms with E-state index in [1.807, 2.05) is 4.31 Å². The van der Waals surface area contributed by atoms with Gasteiger partial charge in [0.2, 0.25) is 0 Å². The molecule has 3 aliphatic heterocycles. The van der Waals surface area contributed by atoms with Crippen molar-refractivity contribution in [2.75, 3.05) is 26.2 Å². The lowest BCUT2D eigenvalue weighted by Gasteiger charge is -2.42. The summed E-state index contributed by atoms with van der Waals surface area (Å²) in [7, 11) is -3.27. The molecule has 6 heteroatoms. The van der Waals surface area contributed by atoms with Gasteiger partial charge in [-0.1, -0.05) is 13.3 Å². The summed E-state index contributed by atoms with van der Waals surface area (Å²) in [6.45, 7) is 5.36. The molecular weight excluding hydrogens is 286 g/mol. The van der Waals surface area contributed by atoms with Crippen LogP contribution in [-0.2, 0) is 10.2 Å². The number of hydrogen-bond acceptors (Lipinski definition) is 3. The third-order valence-electron chi connectivity index (χ3n) is 5.43. The zero-order valence-electron chi connectivity index (χ0n) is 13.1. The van der Waals surface area contributed by atoms with Crippen molar-refractivity contribution in [1.29, 1.82) is 0 Å². The normalized spacial score (nSPS) is 34.3. The first-order valence-corrected chi connectivity index (χ1v) is 9.99. The molecule has 0 aromatic rings. The van der Waals surface area contributed by atoms with E-state index in [9.17, 15) is 8.42 Å². The van der Waals surface area contributed by atoms with Gasteiger partial charge in [-0.3, -0.25) is 0 Å². The van der Waals surface area contributed by atoms with E-state index < -0.39 is 10.2 Å². The van der Waals surface area contributed by atoms with Gasteiger partial charge in [-0.25, -0.2) is 0 Å². The van der Waals surface area contributed by atoms with Gasteiger partial charge >= 0.3 is 0 Å². The monoisotopic (exact) mass is 315 g/mol. The average Bonchev–Trinajstić information content (AvgIpc) is 3.02. The number of nitrogens with one attached hydrogen (secondary N) is 1. The van der Waals surface area contributed by atoms with E-state index in [2.05, 4.69) is 12.2 Å². The molecular formula is C15H29N3O2S. The van der Waals surface area contributed by atoms with Gasteiger partial charge in [0.05, 0.1) is 0 Å². The van der Waals surface area contributed by atoms with Crippen LogP contribution >= 0.6 is 0 Å². The summed E-state index contributed by atoms with van der Waals surface area (Å²) in [5.74, 6) is 0.658. The van der Waals surface area contributed by atoms with Crippen molar-refractivity contribution < 1.29 is 8.42 Å². The second-order valence-corrected chi connectivity index (χ2v) is 8.85. The lowest BCUT2D eigenvalue weighted by molar-refractivity contribution is 0.186. The number of hydrogen-bond donors (Lipinski definition) is 1. The zero-order chi connectivity index (χ0) is 14.9. The Balaban J connectivity index is 1.74. The van der Waals surface area contributed by atoms with Crippen LogP contribution in [0.2, 0.25) is 0 Å². The third kappa shape index (κ3) is 3.28. The smallest absolute Gasteiger partial charge is 0.282 e. The van der Waals surface area contributed by atoms with Gasteiger partial charge in [0, 0.05) is 31.7 Å². The van der Waals surface area contributed by atoms with E-state index in [-0.39, 0.29) is 6.04 Å². The summed E-state index contributed by atoms with van der Waals surface area (Å²) in [6.07, 6.45) is 7.47. The van der Waals surface area contributed by atoms with Crippen LogP contribution in [0.3, 0.4) is 0 Å². The van der Waals surface area contributed by atoms with E-state index in [0.29, 0.717) is 31.6 Å². The largest absolute Gasteiger partial charge is 0.312 e. The Morgan fingerprint density at radius 3 is 2.38 bits per heavy atom. The molecule has 0 amide bonds. The predicted molar refractivity (Wildman–Crippen MR) is 84.3 cm³/mol. The molecule has 0 aromatic heterocycles. The van der Waals surface area contributed by atoms with Crippen molar-refractivity contribution in [2.24, 2.45) is 5.92 Å². The van der Waals surface area contributed by atoms with E-state index in [1.165, 1.54) is 6.42 Å². The van der Waals surface area contributed by atoms with Gasteiger partial charge in [0.15, 0.2) is 0 Å². The van der Waals surface area contributed by atoms with Crippen LogP contribution in [0.4, 0.5) is 0 Å². The van der Waals surface area contributed by atoms with Crippen LogP contribution in [0.15, 0.2) is 0 Å². The molecule has 3 heterocycles. The first kappa shape index (κ1) is 15.7. The highest BCUT2D eigenvalue weighted by atomic mass is 32.2. The van der Waals surface area contributed by atoms with Crippen molar-refractivity contribution in [2.45, 2.75) is 64.0 Å². The van der Waals surface area contributed by atoms with Gasteiger partial charge in [0.1, 0.15) is 0 Å². The minimum absolute atomic E-state index is 0.172. The summed E-state index contributed by atoms with van der Waals surface area (Å²) in [5, 5.41) is 3.51. The van der Waals surface area contributed by atoms with Gasteiger partial charge in [0.25, 0.3) is 10.2 Å². The van der Waals surface area contributed by atoms with Gasteiger partial charge in [-0.05, 0) is 51.0 Å². The van der Waals surface area contributed by atoms with Crippen LogP contribution < -0.4 is 5.32 Å². The molecule has 0 aliphatic carbocycles. The quantitative estimate of drug-likeness (QED) is 0.860. The lowest BCUT2D eigenvalue weighted by Crippen LogP contribution is -2.57. The Bertz CT molecular complexity index is 440. The molecule has 21 heavy (non-hydrogen) atoms. The second-order valence-electron chi connectivity index (χ2n) is 6.97. The minimum atomic E-state index is -3.27. The Morgan fingerprint density at radius 2 is 1.71 bits per heavy atom. The van der Waals surface area contributed by atoms with Crippen molar-refractivity contribution in [3.05, 3.63) is 0 Å². The van der Waals surface area contributed by atoms with E-state index >= 15 is 0 Å². The van der Waals surface area contributed by atoms with Gasteiger partial charge < -0.3 is 5.32 Å². The van der Waals surface area contributed by atoms with Gasteiger partial charge in [-0.2, -0.15) is 17.0 Å². The first-order chi connectivity index (χ1) is 10.1. The number of rotatable bonds is 3. The van der Waals surface area contributed by atoms with Crippen LogP contribution in [0.25, 0.3) is 0 Å². The Kier molecular flexibility index (Phi) is 4.88. The summed E-state index contributed by atoms with van der Waals surface area (Å²) in [6, 6.07) is 0.536. The third-order valence-corrected chi connectivity index (χ3v) is 7.49. The van der Waals surface area contributed by atoms with E-state index in [0.717, 1.165) is 45.1 Å². The standard InChI is InChI=1S/C15H29N3O2S/c1-13-7-11-17(12-8-13)21(19,20)18-10-3-2-6-15(18)14-5-4-9-16-14/h13-16H,2-12H2,1H3. The molecule has 3 aliphatic rings. The fourth-order valence-electron chi connectivity index (χ4n) is 4.02. The Hall–Kier alpha value is -0.170. The summed E-state index contributed by atoms with van der Waals surface area (Å²) in [4.78, 5) is 0. The van der Waals surface area contributed by atoms with Gasteiger partial charge in [-0.15, -0.1) is 0 Å². The maximum absolute atomic E-state index is 13.0. The molecule has 1 N–H and O–H groups in total. The topological polar surface area (TPSA) is 52.7 Å². The molecule has 0 spiro atoms. The molecule has 3 rings (SSSR count). The van der Waals surface area contributed by atoms with E-state index in [4.69, 9.17) is 0 Å². The highest BCUT2D eigenvalue weighted by molar-refractivity contribution is 7.86. The van der Waals surface area contributed by atoms with E-state index in [1.54, 1.807) is 4.31 Å². The Morgan fingerprint density at radius 1 is 0.952 bits per heavy atom. The van der Waals surface area contributed by atoms with Crippen LogP contribution in [0, 0.1) is 5.92 Å². The number of nitrogens with zero attached hydrogens (tertiary/aromatic N) is 2. The van der Waals surface area contributed by atoms with Crippen molar-refractivity contribution >= 4 is 10.2 Å². The molecule has 3 saturated heterocycles. The maximum atomic E-state index is 13.0. The minimum Gasteiger partial charge on any atom is -0.312 e. The summed E-state index contributed by atoms with van der Waals surface area (Å²) in [5.41, 5.74) is 0. The van der Waals surface area contributed by atoms with Crippen molar-refractivity contribution in [3.8, 4) is 0 Å². The predicted octanol–water partition coefficient (Wildman–Crippen LogP) is 1.57. The van der Waals surface area contributed by atoms with Crippen molar-refractivity contribution in [3.63, 3.8) is 0 Å². The molecule has 0 bridgehead atoms. The highest BCUT2D eigenvalue weighted by Gasteiger charge is 2.41.